The molecule has 0 radical (unpaired) electrons. The Bertz CT molecular complexity index is 1180. The number of benzene rings is 3. The fourth-order valence-corrected chi connectivity index (χ4v) is 3.98. The van der Waals surface area contributed by atoms with Gasteiger partial charge in [0.1, 0.15) is 17.4 Å². The highest BCUT2D eigenvalue weighted by Gasteiger charge is 2.21. The normalized spacial score (nSPS) is 11.4. The van der Waals surface area contributed by atoms with Crippen molar-refractivity contribution >= 4 is 21.6 Å². The third-order valence-electron chi connectivity index (χ3n) is 4.57. The first-order chi connectivity index (χ1) is 14.7. The number of nitrogens with zero attached hydrogens (tertiary/aromatic N) is 1. The van der Waals surface area contributed by atoms with Gasteiger partial charge >= 0.3 is 0 Å². The Morgan fingerprint density at radius 1 is 1.00 bits per heavy atom. The van der Waals surface area contributed by atoms with E-state index in [1.165, 1.54) is 42.7 Å². The predicted octanol–water partition coefficient (Wildman–Crippen LogP) is 4.05. The molecule has 6 nitrogen and oxygen atoms in total. The molecule has 0 fully saturated rings. The minimum Gasteiger partial charge on any atom is -0.497 e. The third-order valence-corrected chi connectivity index (χ3v) is 6.39. The van der Waals surface area contributed by atoms with Gasteiger partial charge in [0.15, 0.2) is 0 Å². The van der Waals surface area contributed by atoms with Crippen LogP contribution in [-0.2, 0) is 16.6 Å². The average molecular weight is 446 g/mol. The second kappa shape index (κ2) is 9.23. The Morgan fingerprint density at radius 2 is 1.65 bits per heavy atom. The molecule has 0 spiro atoms. The van der Waals surface area contributed by atoms with Gasteiger partial charge in [-0.3, -0.25) is 4.79 Å². The van der Waals surface area contributed by atoms with Gasteiger partial charge in [0.25, 0.3) is 5.91 Å². The molecule has 1 amide bonds. The van der Waals surface area contributed by atoms with Crippen molar-refractivity contribution in [2.24, 2.45) is 0 Å². The van der Waals surface area contributed by atoms with E-state index in [0.29, 0.717) is 17.4 Å². The van der Waals surface area contributed by atoms with E-state index in [9.17, 15) is 22.0 Å². The summed E-state index contributed by atoms with van der Waals surface area (Å²) in [5.41, 5.74) is 0.762. The molecule has 0 unspecified atom stereocenters. The number of hydrogen-bond donors (Lipinski definition) is 1. The quantitative estimate of drug-likeness (QED) is 0.594. The van der Waals surface area contributed by atoms with Gasteiger partial charge in [0.2, 0.25) is 10.0 Å². The molecule has 162 valence electrons. The molecule has 0 saturated heterocycles. The minimum absolute atomic E-state index is 0.0862. The SMILES string of the molecule is COc1ccc(S(=O)(=O)N(C)Cc2ccc(C(=O)Nc3ccc(F)cc3F)cc2)cc1. The number of ether oxygens (including phenoxy) is 1. The van der Waals surface area contributed by atoms with Gasteiger partial charge < -0.3 is 10.1 Å². The van der Waals surface area contributed by atoms with Crippen molar-refractivity contribution in [2.45, 2.75) is 11.4 Å². The summed E-state index contributed by atoms with van der Waals surface area (Å²) < 4.78 is 58.4. The van der Waals surface area contributed by atoms with Crippen LogP contribution in [0.2, 0.25) is 0 Å². The summed E-state index contributed by atoms with van der Waals surface area (Å²) in [6.07, 6.45) is 0. The van der Waals surface area contributed by atoms with Crippen molar-refractivity contribution in [3.8, 4) is 5.75 Å². The van der Waals surface area contributed by atoms with Crippen molar-refractivity contribution in [1.29, 1.82) is 0 Å². The number of rotatable bonds is 7. The molecule has 0 aliphatic heterocycles. The summed E-state index contributed by atoms with van der Waals surface area (Å²) in [5.74, 6) is -1.64. The second-order valence-electron chi connectivity index (χ2n) is 6.71. The van der Waals surface area contributed by atoms with Gasteiger partial charge in [-0.15, -0.1) is 0 Å². The van der Waals surface area contributed by atoms with Crippen LogP contribution in [0.25, 0.3) is 0 Å². The van der Waals surface area contributed by atoms with Crippen LogP contribution >= 0.6 is 0 Å². The maximum absolute atomic E-state index is 13.7. The first kappa shape index (κ1) is 22.4. The summed E-state index contributed by atoms with van der Waals surface area (Å²) in [6, 6.07) is 15.1. The highest BCUT2D eigenvalue weighted by molar-refractivity contribution is 7.89. The van der Waals surface area contributed by atoms with Crippen molar-refractivity contribution < 1.29 is 26.7 Å². The van der Waals surface area contributed by atoms with Crippen LogP contribution in [-0.4, -0.2) is 32.8 Å². The van der Waals surface area contributed by atoms with E-state index in [4.69, 9.17) is 4.74 Å². The number of methoxy groups -OCH3 is 1. The highest BCUT2D eigenvalue weighted by atomic mass is 32.2. The van der Waals surface area contributed by atoms with E-state index in [1.807, 2.05) is 0 Å². The van der Waals surface area contributed by atoms with Gasteiger partial charge in [-0.1, -0.05) is 12.1 Å². The molecule has 1 N–H and O–H groups in total. The zero-order chi connectivity index (χ0) is 22.6. The lowest BCUT2D eigenvalue weighted by Gasteiger charge is -2.17. The molecule has 0 aromatic heterocycles. The van der Waals surface area contributed by atoms with E-state index in [-0.39, 0.29) is 22.7 Å². The molecule has 9 heteroatoms. The van der Waals surface area contributed by atoms with Crippen molar-refractivity contribution in [3.05, 3.63) is 89.5 Å². The van der Waals surface area contributed by atoms with Crippen LogP contribution in [0, 0.1) is 11.6 Å². The maximum Gasteiger partial charge on any atom is 0.255 e. The Hall–Kier alpha value is -3.30. The zero-order valence-electron chi connectivity index (χ0n) is 16.8. The number of carbonyl (C=O) groups is 1. The lowest BCUT2D eigenvalue weighted by Crippen LogP contribution is -2.26. The van der Waals surface area contributed by atoms with Crippen LogP contribution in [0.4, 0.5) is 14.5 Å². The number of hydrogen-bond acceptors (Lipinski definition) is 4. The summed E-state index contributed by atoms with van der Waals surface area (Å²) in [4.78, 5) is 12.4. The van der Waals surface area contributed by atoms with Crippen LogP contribution in [0.5, 0.6) is 5.75 Å². The van der Waals surface area contributed by atoms with Crippen LogP contribution < -0.4 is 10.1 Å². The van der Waals surface area contributed by atoms with Gasteiger partial charge in [0, 0.05) is 25.2 Å². The lowest BCUT2D eigenvalue weighted by atomic mass is 10.1. The molecule has 0 atom stereocenters. The predicted molar refractivity (Wildman–Crippen MR) is 112 cm³/mol. The standard InChI is InChI=1S/C22H20F2N2O4S/c1-26(31(28,29)19-10-8-18(30-2)9-11-19)14-15-3-5-16(6-4-15)22(27)25-21-12-7-17(23)13-20(21)24/h3-13H,14H2,1-2H3,(H,25,27). The number of anilines is 1. The van der Waals surface area contributed by atoms with E-state index in [0.717, 1.165) is 12.1 Å². The van der Waals surface area contributed by atoms with Gasteiger partial charge in [-0.05, 0) is 54.1 Å². The summed E-state index contributed by atoms with van der Waals surface area (Å²) in [5, 5.41) is 2.37. The Balaban J connectivity index is 1.68. The fourth-order valence-electron chi connectivity index (χ4n) is 2.82. The van der Waals surface area contributed by atoms with E-state index in [2.05, 4.69) is 5.32 Å². The molecular formula is C22H20F2N2O4S. The van der Waals surface area contributed by atoms with Crippen molar-refractivity contribution in [2.75, 3.05) is 19.5 Å². The van der Waals surface area contributed by atoms with E-state index >= 15 is 0 Å². The first-order valence-corrected chi connectivity index (χ1v) is 10.6. The van der Waals surface area contributed by atoms with Crippen molar-refractivity contribution in [1.82, 2.24) is 4.31 Å². The lowest BCUT2D eigenvalue weighted by molar-refractivity contribution is 0.102. The Morgan fingerprint density at radius 3 is 2.23 bits per heavy atom. The third kappa shape index (κ3) is 5.25. The summed E-state index contributed by atoms with van der Waals surface area (Å²) in [7, 11) is -0.760. The summed E-state index contributed by atoms with van der Waals surface area (Å²) >= 11 is 0. The molecule has 0 aliphatic rings. The second-order valence-corrected chi connectivity index (χ2v) is 8.76. The molecule has 3 rings (SSSR count). The summed E-state index contributed by atoms with van der Waals surface area (Å²) in [6.45, 7) is 0.0862. The largest absolute Gasteiger partial charge is 0.497 e. The molecule has 0 saturated carbocycles. The van der Waals surface area contributed by atoms with Crippen LogP contribution in [0.15, 0.2) is 71.6 Å². The van der Waals surface area contributed by atoms with Crippen LogP contribution in [0.1, 0.15) is 15.9 Å². The number of carbonyl (C=O) groups excluding carboxylic acids is 1. The minimum atomic E-state index is -3.71. The number of amides is 1. The number of halogens is 2. The smallest absolute Gasteiger partial charge is 0.255 e. The van der Waals surface area contributed by atoms with E-state index < -0.39 is 27.6 Å². The molecule has 31 heavy (non-hydrogen) atoms. The average Bonchev–Trinajstić information content (AvgIpc) is 2.76. The van der Waals surface area contributed by atoms with E-state index in [1.54, 1.807) is 24.3 Å². The molecule has 0 aliphatic carbocycles. The van der Waals surface area contributed by atoms with Crippen LogP contribution in [0.3, 0.4) is 0 Å². The van der Waals surface area contributed by atoms with Gasteiger partial charge in [-0.2, -0.15) is 4.31 Å². The number of sulfonamides is 1. The Kier molecular flexibility index (Phi) is 6.67. The number of nitrogens with one attached hydrogen (secondary N) is 1. The van der Waals surface area contributed by atoms with Gasteiger partial charge in [-0.25, -0.2) is 17.2 Å². The Labute approximate surface area is 179 Å². The van der Waals surface area contributed by atoms with Crippen molar-refractivity contribution in [3.63, 3.8) is 0 Å². The first-order valence-electron chi connectivity index (χ1n) is 9.16. The zero-order valence-corrected chi connectivity index (χ0v) is 17.6. The molecule has 0 heterocycles. The topological polar surface area (TPSA) is 75.7 Å². The molecule has 3 aromatic rings. The monoisotopic (exact) mass is 446 g/mol. The molecule has 3 aromatic carbocycles. The molecular weight excluding hydrogens is 426 g/mol. The maximum atomic E-state index is 13.7. The molecule has 0 bridgehead atoms. The highest BCUT2D eigenvalue weighted by Crippen LogP contribution is 2.21. The van der Waals surface area contributed by atoms with Gasteiger partial charge in [0.05, 0.1) is 17.7 Å². The fraction of sp³-hybridized carbons (Fsp3) is 0.136.